The van der Waals surface area contributed by atoms with E-state index in [-0.39, 0.29) is 18.5 Å². The van der Waals surface area contributed by atoms with Gasteiger partial charge in [0.25, 0.3) is 0 Å². The Morgan fingerprint density at radius 2 is 2.00 bits per heavy atom. The van der Waals surface area contributed by atoms with E-state index in [1.54, 1.807) is 0 Å². The van der Waals surface area contributed by atoms with Gasteiger partial charge in [-0.25, -0.2) is 0 Å². The van der Waals surface area contributed by atoms with E-state index in [0.717, 1.165) is 12.8 Å². The van der Waals surface area contributed by atoms with Crippen LogP contribution in [-0.4, -0.2) is 24.8 Å². The van der Waals surface area contributed by atoms with Crippen LogP contribution in [-0.2, 0) is 9.53 Å². The van der Waals surface area contributed by atoms with E-state index in [1.807, 2.05) is 0 Å². The van der Waals surface area contributed by atoms with Crippen LogP contribution in [0, 0.1) is 23.7 Å². The molecule has 14 heavy (non-hydrogen) atoms. The molecule has 0 aromatic heterocycles. The molecular formula is C11H16O3. The zero-order chi connectivity index (χ0) is 10.1. The van der Waals surface area contributed by atoms with Gasteiger partial charge in [-0.1, -0.05) is 12.2 Å². The van der Waals surface area contributed by atoms with Crippen LogP contribution in [0.5, 0.6) is 0 Å². The summed E-state index contributed by atoms with van der Waals surface area (Å²) in [5.41, 5.74) is 0. The molecule has 0 aromatic carbocycles. The first-order valence-corrected chi connectivity index (χ1v) is 5.13. The second-order valence-electron chi connectivity index (χ2n) is 4.17. The summed E-state index contributed by atoms with van der Waals surface area (Å²) in [6, 6.07) is 0. The van der Waals surface area contributed by atoms with Crippen molar-refractivity contribution in [2.24, 2.45) is 23.7 Å². The summed E-state index contributed by atoms with van der Waals surface area (Å²) in [7, 11) is 1.44. The second-order valence-corrected chi connectivity index (χ2v) is 4.17. The molecule has 1 saturated carbocycles. The van der Waals surface area contributed by atoms with Crippen molar-refractivity contribution in [3.63, 3.8) is 0 Å². The molecule has 2 bridgehead atoms. The summed E-state index contributed by atoms with van der Waals surface area (Å²) < 4.78 is 4.79. The van der Waals surface area contributed by atoms with Gasteiger partial charge in [0.15, 0.2) is 0 Å². The fourth-order valence-corrected chi connectivity index (χ4v) is 2.93. The fraction of sp³-hybridized carbons (Fsp3) is 0.727. The van der Waals surface area contributed by atoms with Crippen molar-refractivity contribution in [1.29, 1.82) is 0 Å². The predicted molar refractivity (Wildman–Crippen MR) is 51.4 cm³/mol. The Hall–Kier alpha value is -0.830. The van der Waals surface area contributed by atoms with E-state index >= 15 is 0 Å². The number of methoxy groups -OCH3 is 1. The molecule has 3 aliphatic rings. The summed E-state index contributed by atoms with van der Waals surface area (Å²) in [6.45, 7) is 0.199. The van der Waals surface area contributed by atoms with Crippen LogP contribution in [0.25, 0.3) is 0 Å². The van der Waals surface area contributed by atoms with Gasteiger partial charge >= 0.3 is 5.97 Å². The molecule has 0 spiro atoms. The number of hydrogen-bond acceptors (Lipinski definition) is 3. The summed E-state index contributed by atoms with van der Waals surface area (Å²) in [5, 5.41) is 9.21. The highest BCUT2D eigenvalue weighted by molar-refractivity contribution is 5.74. The minimum Gasteiger partial charge on any atom is -0.469 e. The normalized spacial score (nSPS) is 39.9. The minimum absolute atomic E-state index is 0.0205. The molecule has 3 nitrogen and oxygen atoms in total. The van der Waals surface area contributed by atoms with Gasteiger partial charge in [-0.15, -0.1) is 0 Å². The lowest BCUT2D eigenvalue weighted by Gasteiger charge is -2.48. The van der Waals surface area contributed by atoms with E-state index < -0.39 is 0 Å². The Morgan fingerprint density at radius 1 is 1.43 bits per heavy atom. The molecule has 3 rings (SSSR count). The first kappa shape index (κ1) is 9.71. The van der Waals surface area contributed by atoms with Crippen molar-refractivity contribution >= 4 is 5.97 Å². The van der Waals surface area contributed by atoms with Gasteiger partial charge in [0.2, 0.25) is 0 Å². The van der Waals surface area contributed by atoms with Crippen molar-refractivity contribution in [2.45, 2.75) is 12.8 Å². The van der Waals surface area contributed by atoms with Gasteiger partial charge < -0.3 is 9.84 Å². The topological polar surface area (TPSA) is 46.5 Å². The van der Waals surface area contributed by atoms with Crippen molar-refractivity contribution in [3.05, 3.63) is 12.2 Å². The van der Waals surface area contributed by atoms with Gasteiger partial charge in [-0.3, -0.25) is 4.79 Å². The summed E-state index contributed by atoms with van der Waals surface area (Å²) in [5.74, 6) is 0.821. The third-order valence-electron chi connectivity index (χ3n) is 3.69. The monoisotopic (exact) mass is 196 g/mol. The number of esters is 1. The van der Waals surface area contributed by atoms with E-state index in [2.05, 4.69) is 12.2 Å². The quantitative estimate of drug-likeness (QED) is 0.529. The first-order chi connectivity index (χ1) is 6.79. The largest absolute Gasteiger partial charge is 0.469 e. The maximum absolute atomic E-state index is 11.5. The van der Waals surface area contributed by atoms with Crippen LogP contribution in [0.2, 0.25) is 0 Å². The number of ether oxygens (including phenoxy) is 1. The average Bonchev–Trinajstić information content (AvgIpc) is 2.51. The average molecular weight is 196 g/mol. The molecule has 2 atom stereocenters. The summed E-state index contributed by atoms with van der Waals surface area (Å²) >= 11 is 0. The Balaban J connectivity index is 2.12. The Morgan fingerprint density at radius 3 is 2.43 bits per heavy atom. The number of carbonyl (C=O) groups excluding carboxylic acids is 1. The molecule has 0 amide bonds. The predicted octanol–water partition coefficient (Wildman–Crippen LogP) is 0.980. The molecule has 0 saturated heterocycles. The smallest absolute Gasteiger partial charge is 0.309 e. The first-order valence-electron chi connectivity index (χ1n) is 5.13. The molecule has 0 aliphatic heterocycles. The minimum atomic E-state index is -0.103. The van der Waals surface area contributed by atoms with Gasteiger partial charge in [-0.2, -0.15) is 0 Å². The lowest BCUT2D eigenvalue weighted by atomic mass is 9.56. The Bertz CT molecular complexity index is 243. The van der Waals surface area contributed by atoms with E-state index in [9.17, 15) is 9.90 Å². The summed E-state index contributed by atoms with van der Waals surface area (Å²) in [4.78, 5) is 11.5. The number of rotatable bonds is 2. The number of fused-ring (bicyclic) bond motifs is 2. The van der Waals surface area contributed by atoms with Gasteiger partial charge in [-0.05, 0) is 30.6 Å². The van der Waals surface area contributed by atoms with Crippen molar-refractivity contribution in [1.82, 2.24) is 0 Å². The molecule has 3 aliphatic carbocycles. The van der Waals surface area contributed by atoms with E-state index in [0.29, 0.717) is 17.8 Å². The molecule has 3 heteroatoms. The van der Waals surface area contributed by atoms with Crippen LogP contribution < -0.4 is 0 Å². The molecule has 0 radical (unpaired) electrons. The highest BCUT2D eigenvalue weighted by Gasteiger charge is 2.53. The third-order valence-corrected chi connectivity index (χ3v) is 3.69. The SMILES string of the molecule is COC(=O)C1[C@H]2CC=CC[C@H]1C2CO. The van der Waals surface area contributed by atoms with Crippen molar-refractivity contribution in [3.8, 4) is 0 Å². The molecule has 1 fully saturated rings. The highest BCUT2D eigenvalue weighted by Crippen LogP contribution is 2.51. The molecule has 1 N–H and O–H groups in total. The highest BCUT2D eigenvalue weighted by atomic mass is 16.5. The van der Waals surface area contributed by atoms with Gasteiger partial charge in [0.05, 0.1) is 13.0 Å². The standard InChI is InChI=1S/C11H16O3/c1-14-11(13)10-7-4-2-3-5-8(10)9(7)6-12/h2-3,7-10,12H,4-6H2,1H3/t7-,8-,9?,10?/m0/s1. The molecular weight excluding hydrogens is 180 g/mol. The number of aliphatic hydroxyl groups excluding tert-OH is 1. The fourth-order valence-electron chi connectivity index (χ4n) is 2.93. The zero-order valence-electron chi connectivity index (χ0n) is 8.35. The maximum Gasteiger partial charge on any atom is 0.309 e. The van der Waals surface area contributed by atoms with Gasteiger partial charge in [0, 0.05) is 6.61 Å². The summed E-state index contributed by atoms with van der Waals surface area (Å²) in [6.07, 6.45) is 6.05. The van der Waals surface area contributed by atoms with E-state index in [1.165, 1.54) is 7.11 Å². The van der Waals surface area contributed by atoms with E-state index in [4.69, 9.17) is 4.74 Å². The maximum atomic E-state index is 11.5. The molecule has 78 valence electrons. The molecule has 0 heterocycles. The van der Waals surface area contributed by atoms with Gasteiger partial charge in [0.1, 0.15) is 0 Å². The zero-order valence-corrected chi connectivity index (χ0v) is 8.35. The molecule has 0 aromatic rings. The van der Waals surface area contributed by atoms with Crippen molar-refractivity contribution in [2.75, 3.05) is 13.7 Å². The van der Waals surface area contributed by atoms with Crippen LogP contribution in [0.15, 0.2) is 12.2 Å². The lowest BCUT2D eigenvalue weighted by molar-refractivity contribution is -0.164. The van der Waals surface area contributed by atoms with Crippen LogP contribution in [0.4, 0.5) is 0 Å². The van der Waals surface area contributed by atoms with Crippen LogP contribution >= 0.6 is 0 Å². The Kier molecular flexibility index (Phi) is 2.59. The van der Waals surface area contributed by atoms with Crippen LogP contribution in [0.3, 0.4) is 0 Å². The Labute approximate surface area is 83.8 Å². The number of carbonyl (C=O) groups is 1. The van der Waals surface area contributed by atoms with Crippen molar-refractivity contribution < 1.29 is 14.6 Å². The second kappa shape index (κ2) is 3.73. The van der Waals surface area contributed by atoms with Crippen LogP contribution in [0.1, 0.15) is 12.8 Å². The number of aliphatic hydroxyl groups is 1. The third kappa shape index (κ3) is 1.27. The lowest BCUT2D eigenvalue weighted by Crippen LogP contribution is -2.51. The molecule has 0 unspecified atom stereocenters. The number of hydrogen-bond donors (Lipinski definition) is 1. The number of allylic oxidation sites excluding steroid dienone is 2.